The van der Waals surface area contributed by atoms with Crippen molar-refractivity contribution in [3.63, 3.8) is 0 Å². The molecule has 14 heteroatoms. The number of hydrogen-bond acceptors (Lipinski definition) is 7. The van der Waals surface area contributed by atoms with E-state index in [4.69, 9.17) is 4.98 Å². The van der Waals surface area contributed by atoms with Crippen LogP contribution in [0.15, 0.2) is 66.9 Å². The molecule has 260 valence electrons. The molecule has 3 N–H and O–H groups in total. The summed E-state index contributed by atoms with van der Waals surface area (Å²) in [5.74, 6) is -4.48. The lowest BCUT2D eigenvalue weighted by Gasteiger charge is -2.42. The molecule has 0 aliphatic carbocycles. The van der Waals surface area contributed by atoms with E-state index in [-0.39, 0.29) is 56.4 Å². The van der Waals surface area contributed by atoms with E-state index in [1.54, 1.807) is 18.4 Å². The van der Waals surface area contributed by atoms with Gasteiger partial charge in [-0.05, 0) is 44.5 Å². The van der Waals surface area contributed by atoms with Crippen LogP contribution in [0.3, 0.4) is 0 Å². The Morgan fingerprint density at radius 1 is 1.10 bits per heavy atom. The summed E-state index contributed by atoms with van der Waals surface area (Å²) in [4.78, 5) is 59.1. The Morgan fingerprint density at radius 2 is 1.80 bits per heavy atom. The molecule has 0 bridgehead atoms. The number of hydrogen-bond donors (Lipinski definition) is 3. The Labute approximate surface area is 281 Å². The highest BCUT2D eigenvalue weighted by atomic mass is 19.1. The van der Waals surface area contributed by atoms with Crippen molar-refractivity contribution in [3.8, 4) is 11.3 Å². The van der Waals surface area contributed by atoms with E-state index in [0.29, 0.717) is 0 Å². The first-order valence-electron chi connectivity index (χ1n) is 16.0. The molecule has 4 atom stereocenters. The third-order valence-electron chi connectivity index (χ3n) is 8.88. The zero-order valence-electron chi connectivity index (χ0n) is 27.4. The van der Waals surface area contributed by atoms with E-state index in [9.17, 15) is 28.7 Å². The number of amides is 4. The lowest BCUT2D eigenvalue weighted by molar-refractivity contribution is -0.150. The summed E-state index contributed by atoms with van der Waals surface area (Å²) >= 11 is 0. The molecule has 3 aromatic rings. The molecular weight excluding hydrogens is 641 g/mol. The van der Waals surface area contributed by atoms with Crippen LogP contribution in [0.4, 0.5) is 13.2 Å². The number of imide groups is 1. The monoisotopic (exact) mass is 680 g/mol. The van der Waals surface area contributed by atoms with Gasteiger partial charge in [-0.1, -0.05) is 30.3 Å². The molecule has 4 amide bonds. The minimum atomic E-state index is -1.57. The fourth-order valence-corrected chi connectivity index (χ4v) is 6.21. The maximum atomic E-state index is 15.1. The first kappa shape index (κ1) is 35.5. The minimum Gasteiger partial charge on any atom is -0.384 e. The van der Waals surface area contributed by atoms with Gasteiger partial charge in [-0.15, -0.1) is 0 Å². The molecule has 49 heavy (non-hydrogen) atoms. The molecule has 1 aromatic heterocycles. The lowest BCUT2D eigenvalue weighted by Crippen LogP contribution is -2.54. The van der Waals surface area contributed by atoms with Gasteiger partial charge in [0, 0.05) is 69.1 Å². The number of carbonyl (C=O) groups excluding carboxylic acids is 4. The smallest absolute Gasteiger partial charge is 0.253 e. The SMILES string of the molecule is C[C@H](O)C(=O)N(C[C@@H]1CNC[C@@H]1F)[C@@H](c1nc(-c2cc(F)ccc2F)cn1Cc1ccccc1)C(C)(C)C(=O)NCCN1C(=O)C=CC1=O. The number of benzene rings is 2. The molecule has 0 radical (unpaired) electrons. The number of carbonyl (C=O) groups is 4. The second kappa shape index (κ2) is 14.7. The number of rotatable bonds is 13. The first-order valence-corrected chi connectivity index (χ1v) is 16.0. The number of aliphatic hydroxyl groups excluding tert-OH is 1. The van der Waals surface area contributed by atoms with Crippen molar-refractivity contribution in [1.29, 1.82) is 0 Å². The van der Waals surface area contributed by atoms with E-state index in [2.05, 4.69) is 10.6 Å². The molecule has 2 aliphatic rings. The van der Waals surface area contributed by atoms with E-state index in [0.717, 1.165) is 40.8 Å². The molecule has 1 saturated heterocycles. The Hall–Kier alpha value is -4.82. The number of halogens is 3. The van der Waals surface area contributed by atoms with Gasteiger partial charge in [-0.2, -0.15) is 0 Å². The summed E-state index contributed by atoms with van der Waals surface area (Å²) < 4.78 is 46.2. The van der Waals surface area contributed by atoms with Crippen LogP contribution >= 0.6 is 0 Å². The van der Waals surface area contributed by atoms with Gasteiger partial charge < -0.3 is 25.2 Å². The average molecular weight is 681 g/mol. The highest BCUT2D eigenvalue weighted by Gasteiger charge is 2.48. The Kier molecular flexibility index (Phi) is 10.7. The van der Waals surface area contributed by atoms with E-state index < -0.39 is 64.9 Å². The number of aromatic nitrogens is 2. The standard InChI is InChI=1S/C35H39F3N6O5/c1-21(45)33(48)44(19-23-16-39-17-27(23)38)31(35(2,3)34(49)40-13-14-43-29(46)11-12-30(43)47)32-41-28(25-15-24(36)9-10-26(25)37)20-42(32)18-22-7-5-4-6-8-22/h4-12,15,20-21,23,27,31,39,45H,13-14,16-19H2,1-3H3,(H,40,49)/t21-,23-,27-,31-/m0/s1. The van der Waals surface area contributed by atoms with Crippen LogP contribution in [0.1, 0.15) is 38.2 Å². The number of aliphatic hydroxyl groups is 1. The van der Waals surface area contributed by atoms with E-state index in [1.165, 1.54) is 18.0 Å². The summed E-state index contributed by atoms with van der Waals surface area (Å²) in [5.41, 5.74) is -0.908. The Bertz CT molecular complexity index is 1730. The van der Waals surface area contributed by atoms with Crippen molar-refractivity contribution >= 4 is 23.6 Å². The Morgan fingerprint density at radius 3 is 2.43 bits per heavy atom. The third kappa shape index (κ3) is 7.75. The van der Waals surface area contributed by atoms with Gasteiger partial charge in [0.25, 0.3) is 17.7 Å². The zero-order valence-corrected chi connectivity index (χ0v) is 27.4. The van der Waals surface area contributed by atoms with Crippen molar-refractivity contribution in [3.05, 3.63) is 89.9 Å². The van der Waals surface area contributed by atoms with Gasteiger partial charge in [0.1, 0.15) is 35.8 Å². The van der Waals surface area contributed by atoms with Crippen LogP contribution < -0.4 is 10.6 Å². The summed E-state index contributed by atoms with van der Waals surface area (Å²) in [6.45, 7) is 4.36. The maximum Gasteiger partial charge on any atom is 0.253 e. The lowest BCUT2D eigenvalue weighted by atomic mass is 9.80. The van der Waals surface area contributed by atoms with Crippen molar-refractivity contribution in [2.45, 2.75) is 45.6 Å². The number of alkyl halides is 1. The highest BCUT2D eigenvalue weighted by Crippen LogP contribution is 2.41. The molecule has 2 aromatic carbocycles. The van der Waals surface area contributed by atoms with Crippen LogP contribution in [0.2, 0.25) is 0 Å². The van der Waals surface area contributed by atoms with E-state index in [1.807, 2.05) is 30.3 Å². The van der Waals surface area contributed by atoms with Crippen LogP contribution in [0, 0.1) is 23.0 Å². The molecular formula is C35H39F3N6O5. The fraction of sp³-hybridized carbons (Fsp3) is 0.400. The normalized spacial score (nSPS) is 19.0. The van der Waals surface area contributed by atoms with Crippen LogP contribution in [-0.2, 0) is 25.7 Å². The van der Waals surface area contributed by atoms with Crippen molar-refractivity contribution < 1.29 is 37.5 Å². The maximum absolute atomic E-state index is 15.1. The molecule has 3 heterocycles. The molecule has 5 rings (SSSR count). The molecule has 1 fully saturated rings. The van der Waals surface area contributed by atoms with Crippen molar-refractivity contribution in [2.24, 2.45) is 11.3 Å². The molecule has 0 unspecified atom stereocenters. The predicted octanol–water partition coefficient (Wildman–Crippen LogP) is 2.75. The van der Waals surface area contributed by atoms with Crippen molar-refractivity contribution in [1.82, 2.24) is 30.0 Å². The number of nitrogens with zero attached hydrogens (tertiary/aromatic N) is 4. The van der Waals surface area contributed by atoms with E-state index >= 15 is 8.78 Å². The summed E-state index contributed by atoms with van der Waals surface area (Å²) in [7, 11) is 0. The van der Waals surface area contributed by atoms with Gasteiger partial charge in [0.05, 0.1) is 11.1 Å². The highest BCUT2D eigenvalue weighted by molar-refractivity contribution is 6.12. The molecule has 2 aliphatic heterocycles. The summed E-state index contributed by atoms with van der Waals surface area (Å²) in [6, 6.07) is 10.8. The van der Waals surface area contributed by atoms with Crippen molar-refractivity contribution in [2.75, 3.05) is 32.7 Å². The second-order valence-corrected chi connectivity index (χ2v) is 12.9. The largest absolute Gasteiger partial charge is 0.384 e. The first-order chi connectivity index (χ1) is 23.3. The molecule has 0 saturated carbocycles. The zero-order chi connectivity index (χ0) is 35.5. The van der Waals surface area contributed by atoms with Gasteiger partial charge in [-0.3, -0.25) is 24.1 Å². The van der Waals surface area contributed by atoms with Gasteiger partial charge >= 0.3 is 0 Å². The van der Waals surface area contributed by atoms with Gasteiger partial charge in [0.2, 0.25) is 5.91 Å². The topological polar surface area (TPSA) is 137 Å². The van der Waals surface area contributed by atoms with Crippen LogP contribution in [0.25, 0.3) is 11.3 Å². The average Bonchev–Trinajstić information content (AvgIpc) is 3.76. The van der Waals surface area contributed by atoms with Gasteiger partial charge in [-0.25, -0.2) is 18.2 Å². The quantitative estimate of drug-likeness (QED) is 0.236. The molecule has 11 nitrogen and oxygen atoms in total. The third-order valence-corrected chi connectivity index (χ3v) is 8.88. The van der Waals surface area contributed by atoms with Crippen LogP contribution in [-0.4, -0.2) is 93.1 Å². The number of imidazole rings is 1. The predicted molar refractivity (Wildman–Crippen MR) is 173 cm³/mol. The summed E-state index contributed by atoms with van der Waals surface area (Å²) in [5, 5.41) is 16.3. The fourth-order valence-electron chi connectivity index (χ4n) is 6.21. The Balaban J connectivity index is 1.63. The van der Waals surface area contributed by atoms with Crippen LogP contribution in [0.5, 0.6) is 0 Å². The molecule has 0 spiro atoms. The second-order valence-electron chi connectivity index (χ2n) is 12.9. The number of nitrogens with one attached hydrogen (secondary N) is 2. The summed E-state index contributed by atoms with van der Waals surface area (Å²) in [6.07, 6.45) is 0.883. The minimum absolute atomic E-state index is 0.0260. The van der Waals surface area contributed by atoms with Gasteiger partial charge in [0.15, 0.2) is 0 Å².